The lowest BCUT2D eigenvalue weighted by Crippen LogP contribution is -2.26. The van der Waals surface area contributed by atoms with E-state index in [1.54, 1.807) is 30.5 Å². The van der Waals surface area contributed by atoms with E-state index in [0.717, 1.165) is 22.6 Å². The van der Waals surface area contributed by atoms with Crippen LogP contribution >= 0.6 is 0 Å². The maximum atomic E-state index is 14.1. The first-order valence-corrected chi connectivity index (χ1v) is 13.3. The molecular weight excluding hydrogens is 522 g/mol. The number of pyridine rings is 2. The first-order chi connectivity index (χ1) is 19.7. The van der Waals surface area contributed by atoms with Crippen LogP contribution < -0.4 is 5.56 Å². The summed E-state index contributed by atoms with van der Waals surface area (Å²) in [5.41, 5.74) is 4.13. The fourth-order valence-electron chi connectivity index (χ4n) is 5.35. The molecule has 0 spiro atoms. The van der Waals surface area contributed by atoms with Gasteiger partial charge in [0.1, 0.15) is 11.6 Å². The molecule has 0 fully saturated rings. The van der Waals surface area contributed by atoms with Crippen LogP contribution in [0, 0.1) is 18.6 Å². The van der Waals surface area contributed by atoms with Crippen molar-refractivity contribution < 1.29 is 18.4 Å². The fraction of sp³-hybridized carbons (Fsp3) is 0.176. The molecule has 0 aliphatic carbocycles. The molecule has 0 aliphatic rings. The minimum absolute atomic E-state index is 0.0246. The molecule has 5 aromatic rings. The van der Waals surface area contributed by atoms with E-state index in [0.29, 0.717) is 27.9 Å². The van der Waals surface area contributed by atoms with E-state index < -0.39 is 17.6 Å². The van der Waals surface area contributed by atoms with Crippen LogP contribution in [0.2, 0.25) is 0 Å². The molecule has 0 radical (unpaired) electrons. The molecular formula is C34H28F2N2O3. The summed E-state index contributed by atoms with van der Waals surface area (Å²) < 4.78 is 29.7. The Morgan fingerprint density at radius 2 is 1.66 bits per heavy atom. The molecule has 0 saturated carbocycles. The summed E-state index contributed by atoms with van der Waals surface area (Å²) in [5, 5.41) is 0.879. The zero-order valence-corrected chi connectivity index (χ0v) is 22.7. The van der Waals surface area contributed by atoms with Crippen molar-refractivity contribution in [2.24, 2.45) is 0 Å². The molecule has 2 aromatic heterocycles. The maximum absolute atomic E-state index is 14.1. The average Bonchev–Trinajstić information content (AvgIpc) is 2.94. The topological polar surface area (TPSA) is 69.0 Å². The molecule has 0 aliphatic heterocycles. The number of halogens is 2. The Labute approximate surface area is 236 Å². The van der Waals surface area contributed by atoms with E-state index >= 15 is 0 Å². The fourth-order valence-corrected chi connectivity index (χ4v) is 5.35. The van der Waals surface area contributed by atoms with Gasteiger partial charge in [0, 0.05) is 47.2 Å². The van der Waals surface area contributed by atoms with Crippen LogP contribution in [0.4, 0.5) is 8.78 Å². The van der Waals surface area contributed by atoms with Crippen molar-refractivity contribution in [3.63, 3.8) is 0 Å². The van der Waals surface area contributed by atoms with E-state index in [-0.39, 0.29) is 36.5 Å². The van der Waals surface area contributed by atoms with Gasteiger partial charge in [-0.05, 0) is 67.3 Å². The normalized spacial score (nSPS) is 11.9. The van der Waals surface area contributed by atoms with E-state index in [1.165, 1.54) is 29.7 Å². The second kappa shape index (κ2) is 11.8. The molecule has 7 heteroatoms. The number of aryl methyl sites for hydroxylation is 1. The maximum Gasteiger partial charge on any atom is 0.251 e. The van der Waals surface area contributed by atoms with Gasteiger partial charge in [-0.15, -0.1) is 0 Å². The molecule has 206 valence electrons. The molecule has 0 unspecified atom stereocenters. The quantitative estimate of drug-likeness (QED) is 0.189. The van der Waals surface area contributed by atoms with Crippen molar-refractivity contribution in [2.45, 2.75) is 39.2 Å². The number of Topliss-reactive ketones (excluding diaryl/α,β-unsaturated/α-hetero) is 2. The van der Waals surface area contributed by atoms with Crippen LogP contribution in [-0.2, 0) is 17.8 Å². The van der Waals surface area contributed by atoms with Crippen LogP contribution in [0.5, 0.6) is 0 Å². The number of carbonyl (C=O) groups excluding carboxylic acids is 2. The third-order valence-electron chi connectivity index (χ3n) is 7.24. The summed E-state index contributed by atoms with van der Waals surface area (Å²) in [6.07, 6.45) is 1.72. The van der Waals surface area contributed by atoms with E-state index in [2.05, 4.69) is 4.98 Å². The Bertz CT molecular complexity index is 1820. The van der Waals surface area contributed by atoms with Gasteiger partial charge >= 0.3 is 0 Å². The molecule has 2 heterocycles. The van der Waals surface area contributed by atoms with Gasteiger partial charge in [0.2, 0.25) is 0 Å². The van der Waals surface area contributed by atoms with Gasteiger partial charge in [-0.2, -0.15) is 0 Å². The number of nitrogens with zero attached hydrogens (tertiary/aromatic N) is 2. The average molecular weight is 551 g/mol. The highest BCUT2D eigenvalue weighted by Gasteiger charge is 2.23. The molecule has 5 rings (SSSR count). The summed E-state index contributed by atoms with van der Waals surface area (Å²) in [4.78, 5) is 43.2. The predicted octanol–water partition coefficient (Wildman–Crippen LogP) is 6.84. The van der Waals surface area contributed by atoms with Crippen LogP contribution in [-0.4, -0.2) is 21.1 Å². The highest BCUT2D eigenvalue weighted by Crippen LogP contribution is 2.33. The second-order valence-electron chi connectivity index (χ2n) is 10.3. The van der Waals surface area contributed by atoms with Gasteiger partial charge in [-0.25, -0.2) is 8.78 Å². The SMILES string of the molecule is CC(=O)c1cccc(-c2cccnc2[C@@H](CC(=O)Cn2c(=O)cc(C)c3ccccc32)Cc2cc(F)cc(F)c2)c1. The Hall–Kier alpha value is -4.78. The van der Waals surface area contributed by atoms with Crippen molar-refractivity contribution in [3.05, 3.63) is 135 Å². The highest BCUT2D eigenvalue weighted by molar-refractivity contribution is 5.95. The number of benzene rings is 3. The number of hydrogen-bond donors (Lipinski definition) is 0. The standard InChI is InChI=1S/C34H28F2N2O3/c1-21-13-33(41)38(32-11-4-3-9-30(21)32)20-29(40)18-26(14-23-15-27(35)19-28(36)16-23)34-31(10-6-12-37-34)25-8-5-7-24(17-25)22(2)39/h3-13,15-17,19,26H,14,18,20H2,1-2H3/t26-/m1/s1. The number of carbonyl (C=O) groups is 2. The zero-order chi connectivity index (χ0) is 29.1. The van der Waals surface area contributed by atoms with Gasteiger partial charge in [0.15, 0.2) is 11.6 Å². The summed E-state index contributed by atoms with van der Waals surface area (Å²) in [6.45, 7) is 3.18. The number of hydrogen-bond acceptors (Lipinski definition) is 4. The third kappa shape index (κ3) is 6.19. The molecule has 0 amide bonds. The number of aromatic nitrogens is 2. The summed E-state index contributed by atoms with van der Waals surface area (Å²) in [7, 11) is 0. The summed E-state index contributed by atoms with van der Waals surface area (Å²) >= 11 is 0. The largest absolute Gasteiger partial charge is 0.301 e. The number of ketones is 2. The van der Waals surface area contributed by atoms with E-state index in [9.17, 15) is 23.2 Å². The molecule has 0 saturated heterocycles. The van der Waals surface area contributed by atoms with Gasteiger partial charge in [0.05, 0.1) is 17.8 Å². The number of para-hydroxylation sites is 1. The Morgan fingerprint density at radius 1 is 0.902 bits per heavy atom. The zero-order valence-electron chi connectivity index (χ0n) is 22.7. The highest BCUT2D eigenvalue weighted by atomic mass is 19.1. The summed E-state index contributed by atoms with van der Waals surface area (Å²) in [5.74, 6) is -2.29. The van der Waals surface area contributed by atoms with Crippen molar-refractivity contribution in [1.82, 2.24) is 9.55 Å². The molecule has 5 nitrogen and oxygen atoms in total. The van der Waals surface area contributed by atoms with Crippen LogP contribution in [0.1, 0.15) is 46.4 Å². The van der Waals surface area contributed by atoms with Gasteiger partial charge in [0.25, 0.3) is 5.56 Å². The molecule has 41 heavy (non-hydrogen) atoms. The first-order valence-electron chi connectivity index (χ1n) is 13.3. The Morgan fingerprint density at radius 3 is 2.41 bits per heavy atom. The van der Waals surface area contributed by atoms with Gasteiger partial charge < -0.3 is 4.57 Å². The lowest BCUT2D eigenvalue weighted by atomic mass is 9.86. The minimum Gasteiger partial charge on any atom is -0.301 e. The lowest BCUT2D eigenvalue weighted by Gasteiger charge is -2.20. The van der Waals surface area contributed by atoms with E-state index in [4.69, 9.17) is 0 Å². The van der Waals surface area contributed by atoms with Crippen LogP contribution in [0.3, 0.4) is 0 Å². The monoisotopic (exact) mass is 550 g/mol. The van der Waals surface area contributed by atoms with Crippen molar-refractivity contribution >= 4 is 22.5 Å². The second-order valence-corrected chi connectivity index (χ2v) is 10.3. The minimum atomic E-state index is -0.710. The van der Waals surface area contributed by atoms with Crippen molar-refractivity contribution in [1.29, 1.82) is 0 Å². The molecule has 3 aromatic carbocycles. The molecule has 1 atom stereocenters. The van der Waals surface area contributed by atoms with Crippen LogP contribution in [0.15, 0.2) is 95.9 Å². The molecule has 0 N–H and O–H groups in total. The number of fused-ring (bicyclic) bond motifs is 1. The van der Waals surface area contributed by atoms with Gasteiger partial charge in [-0.1, -0.05) is 42.5 Å². The first kappa shape index (κ1) is 27.8. The Balaban J connectivity index is 1.55. The summed E-state index contributed by atoms with van der Waals surface area (Å²) in [6, 6.07) is 23.0. The van der Waals surface area contributed by atoms with Gasteiger partial charge in [-0.3, -0.25) is 19.4 Å². The third-order valence-corrected chi connectivity index (χ3v) is 7.24. The lowest BCUT2D eigenvalue weighted by molar-refractivity contribution is -0.120. The smallest absolute Gasteiger partial charge is 0.251 e. The Kier molecular flexibility index (Phi) is 7.97. The van der Waals surface area contributed by atoms with Crippen molar-refractivity contribution in [2.75, 3.05) is 0 Å². The number of rotatable bonds is 9. The van der Waals surface area contributed by atoms with E-state index in [1.807, 2.05) is 43.3 Å². The van der Waals surface area contributed by atoms with Crippen LogP contribution in [0.25, 0.3) is 22.0 Å². The molecule has 0 bridgehead atoms. The predicted molar refractivity (Wildman–Crippen MR) is 155 cm³/mol. The van der Waals surface area contributed by atoms with Crippen molar-refractivity contribution in [3.8, 4) is 11.1 Å².